The van der Waals surface area contributed by atoms with Crippen molar-refractivity contribution in [2.45, 2.75) is 20.8 Å². The molecule has 0 fully saturated rings. The van der Waals surface area contributed by atoms with Crippen LogP contribution in [-0.2, 0) is 0 Å². The number of nitrogens with zero attached hydrogens (tertiary/aromatic N) is 1. The summed E-state index contributed by atoms with van der Waals surface area (Å²) in [4.78, 5) is 3.24. The Morgan fingerprint density at radius 1 is 1.62 bits per heavy atom. The van der Waals surface area contributed by atoms with E-state index in [0.29, 0.717) is 5.92 Å². The van der Waals surface area contributed by atoms with E-state index in [4.69, 9.17) is 6.57 Å². The molecule has 1 heteroatoms. The van der Waals surface area contributed by atoms with Crippen molar-refractivity contribution in [2.24, 2.45) is 5.92 Å². The lowest BCUT2D eigenvalue weighted by Crippen LogP contribution is -1.77. The number of hydrogen-bond acceptors (Lipinski definition) is 0. The Morgan fingerprint density at radius 2 is 2.12 bits per heavy atom. The van der Waals surface area contributed by atoms with Crippen LogP contribution in [0.5, 0.6) is 0 Å². The second kappa shape index (κ2) is 3.26. The molecule has 0 saturated carbocycles. The maximum Gasteiger partial charge on any atom is 0.158 e. The molecule has 0 unspecified atom stereocenters. The minimum absolute atomic E-state index is 0.504. The molecule has 0 aromatic carbocycles. The summed E-state index contributed by atoms with van der Waals surface area (Å²) in [6, 6.07) is 0. The SMILES string of the molecule is [C-]#[N+]/C(C)=C\C(C)C. The van der Waals surface area contributed by atoms with Gasteiger partial charge >= 0.3 is 0 Å². The summed E-state index contributed by atoms with van der Waals surface area (Å²) in [5, 5.41) is 0. The van der Waals surface area contributed by atoms with Crippen LogP contribution in [0.25, 0.3) is 4.85 Å². The fourth-order valence-electron chi connectivity index (χ4n) is 0.520. The van der Waals surface area contributed by atoms with E-state index in [1.54, 1.807) is 0 Å². The zero-order valence-corrected chi connectivity index (χ0v) is 5.60. The molecule has 0 aliphatic rings. The molecule has 0 radical (unpaired) electrons. The molecule has 0 aromatic rings. The van der Waals surface area contributed by atoms with Crippen LogP contribution in [0.4, 0.5) is 0 Å². The van der Waals surface area contributed by atoms with Gasteiger partial charge in [-0.1, -0.05) is 19.9 Å². The van der Waals surface area contributed by atoms with Gasteiger partial charge in [0.25, 0.3) is 0 Å². The van der Waals surface area contributed by atoms with Gasteiger partial charge in [0.2, 0.25) is 0 Å². The smallest absolute Gasteiger partial charge is 0.158 e. The molecular formula is C7H11N. The third-order valence-corrected chi connectivity index (χ3v) is 0.751. The van der Waals surface area contributed by atoms with E-state index in [1.165, 1.54) is 0 Å². The van der Waals surface area contributed by atoms with Crippen molar-refractivity contribution in [3.05, 3.63) is 23.2 Å². The van der Waals surface area contributed by atoms with Gasteiger partial charge in [-0.2, -0.15) is 0 Å². The largest absolute Gasteiger partial charge is 0.243 e. The maximum absolute atomic E-state index is 6.56. The topological polar surface area (TPSA) is 4.36 Å². The summed E-state index contributed by atoms with van der Waals surface area (Å²) < 4.78 is 0. The predicted molar refractivity (Wildman–Crippen MR) is 35.2 cm³/mol. The molecule has 0 N–H and O–H groups in total. The molecule has 0 heterocycles. The van der Waals surface area contributed by atoms with E-state index < -0.39 is 0 Å². The number of allylic oxidation sites excluding steroid dienone is 2. The summed E-state index contributed by atoms with van der Waals surface area (Å²) in [6.07, 6.45) is 1.95. The molecule has 0 aromatic heterocycles. The fourth-order valence-corrected chi connectivity index (χ4v) is 0.520. The van der Waals surface area contributed by atoms with Gasteiger partial charge in [-0.3, -0.25) is 0 Å². The van der Waals surface area contributed by atoms with Gasteiger partial charge in [-0.25, -0.2) is 4.85 Å². The summed E-state index contributed by atoms with van der Waals surface area (Å²) in [5.74, 6) is 0.504. The number of rotatable bonds is 1. The zero-order chi connectivity index (χ0) is 6.57. The van der Waals surface area contributed by atoms with Gasteiger partial charge in [0, 0.05) is 0 Å². The van der Waals surface area contributed by atoms with Crippen molar-refractivity contribution in [1.29, 1.82) is 0 Å². The number of hydrogen-bond donors (Lipinski definition) is 0. The van der Waals surface area contributed by atoms with E-state index in [2.05, 4.69) is 18.7 Å². The van der Waals surface area contributed by atoms with Crippen molar-refractivity contribution in [3.63, 3.8) is 0 Å². The van der Waals surface area contributed by atoms with E-state index in [0.717, 1.165) is 5.70 Å². The van der Waals surface area contributed by atoms with Crippen molar-refractivity contribution < 1.29 is 0 Å². The molecule has 0 amide bonds. The van der Waals surface area contributed by atoms with Crippen LogP contribution in [-0.4, -0.2) is 0 Å². The Morgan fingerprint density at radius 3 is 2.25 bits per heavy atom. The standard InChI is InChI=1S/C7H11N/c1-6(2)5-7(3)8-4/h5-6H,1-3H3/b7-5-. The first kappa shape index (κ1) is 7.23. The summed E-state index contributed by atoms with van der Waals surface area (Å²) >= 11 is 0. The lowest BCUT2D eigenvalue weighted by atomic mass is 10.2. The van der Waals surface area contributed by atoms with E-state index in [-0.39, 0.29) is 0 Å². The average Bonchev–Trinajstić information content (AvgIpc) is 1.65. The van der Waals surface area contributed by atoms with Crippen LogP contribution < -0.4 is 0 Å². The minimum atomic E-state index is 0.504. The predicted octanol–water partition coefficient (Wildman–Crippen LogP) is 2.47. The molecule has 0 rings (SSSR count). The normalized spacial score (nSPS) is 11.6. The monoisotopic (exact) mass is 109 g/mol. The molecule has 0 atom stereocenters. The second-order valence-corrected chi connectivity index (χ2v) is 2.16. The van der Waals surface area contributed by atoms with Crippen LogP contribution in [0.1, 0.15) is 20.8 Å². The Labute approximate surface area is 50.8 Å². The first-order chi connectivity index (χ1) is 3.66. The zero-order valence-electron chi connectivity index (χ0n) is 5.60. The van der Waals surface area contributed by atoms with Gasteiger partial charge in [-0.05, 0) is 12.8 Å². The minimum Gasteiger partial charge on any atom is -0.243 e. The molecule has 0 aliphatic heterocycles. The van der Waals surface area contributed by atoms with Gasteiger partial charge < -0.3 is 0 Å². The highest BCUT2D eigenvalue weighted by Gasteiger charge is 1.86. The Bertz CT molecular complexity index is 126. The highest BCUT2D eigenvalue weighted by molar-refractivity contribution is 5.06. The lowest BCUT2D eigenvalue weighted by Gasteiger charge is -1.91. The maximum atomic E-state index is 6.56. The fraction of sp³-hybridized carbons (Fsp3) is 0.571. The van der Waals surface area contributed by atoms with Gasteiger partial charge in [0.05, 0.1) is 6.57 Å². The molecule has 0 bridgehead atoms. The molecule has 44 valence electrons. The molecule has 0 spiro atoms. The molecular weight excluding hydrogens is 98.1 g/mol. The second-order valence-electron chi connectivity index (χ2n) is 2.16. The third-order valence-electron chi connectivity index (χ3n) is 0.751. The van der Waals surface area contributed by atoms with Crippen LogP contribution in [0.3, 0.4) is 0 Å². The van der Waals surface area contributed by atoms with E-state index in [9.17, 15) is 0 Å². The molecule has 0 aliphatic carbocycles. The Kier molecular flexibility index (Phi) is 2.95. The highest BCUT2D eigenvalue weighted by atomic mass is 14.6. The van der Waals surface area contributed by atoms with Gasteiger partial charge in [-0.15, -0.1) is 0 Å². The first-order valence-corrected chi connectivity index (χ1v) is 2.72. The van der Waals surface area contributed by atoms with Crippen LogP contribution >= 0.6 is 0 Å². The molecule has 1 nitrogen and oxygen atoms in total. The Hall–Kier alpha value is -0.770. The van der Waals surface area contributed by atoms with Crippen molar-refractivity contribution >= 4 is 0 Å². The van der Waals surface area contributed by atoms with E-state index in [1.807, 2.05) is 13.0 Å². The summed E-state index contributed by atoms with van der Waals surface area (Å²) in [7, 11) is 0. The van der Waals surface area contributed by atoms with Crippen molar-refractivity contribution in [3.8, 4) is 0 Å². The molecule has 8 heavy (non-hydrogen) atoms. The average molecular weight is 109 g/mol. The first-order valence-electron chi connectivity index (χ1n) is 2.72. The quantitative estimate of drug-likeness (QED) is 0.455. The van der Waals surface area contributed by atoms with Gasteiger partial charge in [0.15, 0.2) is 5.70 Å². The van der Waals surface area contributed by atoms with Gasteiger partial charge in [0.1, 0.15) is 0 Å². The third kappa shape index (κ3) is 3.42. The van der Waals surface area contributed by atoms with Crippen molar-refractivity contribution in [1.82, 2.24) is 0 Å². The lowest BCUT2D eigenvalue weighted by molar-refractivity contribution is 0.825. The van der Waals surface area contributed by atoms with Crippen LogP contribution in [0.2, 0.25) is 0 Å². The Balaban J connectivity index is 3.80. The van der Waals surface area contributed by atoms with Crippen molar-refractivity contribution in [2.75, 3.05) is 0 Å². The highest BCUT2D eigenvalue weighted by Crippen LogP contribution is 2.00. The van der Waals surface area contributed by atoms with Crippen LogP contribution in [0.15, 0.2) is 11.8 Å². The molecule has 0 saturated heterocycles. The van der Waals surface area contributed by atoms with Crippen LogP contribution in [0, 0.1) is 12.5 Å². The summed E-state index contributed by atoms with van der Waals surface area (Å²) in [6.45, 7) is 12.5. The van der Waals surface area contributed by atoms with E-state index >= 15 is 0 Å². The summed E-state index contributed by atoms with van der Waals surface area (Å²) in [5.41, 5.74) is 0.792.